The van der Waals surface area contributed by atoms with Gasteiger partial charge >= 0.3 is 0 Å². The highest BCUT2D eigenvalue weighted by Crippen LogP contribution is 2.19. The molecule has 0 aromatic rings. The molecule has 0 rings (SSSR count). The smallest absolute Gasteiger partial charge is 0.112 e. The first-order chi connectivity index (χ1) is 6.19. The van der Waals surface area contributed by atoms with Crippen LogP contribution in [0.25, 0.3) is 0 Å². The van der Waals surface area contributed by atoms with Gasteiger partial charge in [0.1, 0.15) is 16.5 Å². The largest absolute Gasteiger partial charge is 0.346 e. The summed E-state index contributed by atoms with van der Waals surface area (Å²) in [6, 6.07) is 1.41. The molecule has 0 radical (unpaired) electrons. The van der Waals surface area contributed by atoms with Gasteiger partial charge in [0, 0.05) is 9.52 Å². The third-order valence-corrected chi connectivity index (χ3v) is 11.3. The Labute approximate surface area is 94.6 Å². The van der Waals surface area contributed by atoms with E-state index in [0.717, 1.165) is 0 Å². The van der Waals surface area contributed by atoms with Gasteiger partial charge in [-0.25, -0.2) is 0 Å². The first-order valence-electron chi connectivity index (χ1n) is 5.58. The molecule has 0 aliphatic heterocycles. The van der Waals surface area contributed by atoms with Gasteiger partial charge in [0.15, 0.2) is 0 Å². The summed E-state index contributed by atoms with van der Waals surface area (Å²) in [6.45, 7) is 20.0. The van der Waals surface area contributed by atoms with E-state index in [9.17, 15) is 0 Å². The monoisotopic (exact) mass is 245 g/mol. The van der Waals surface area contributed by atoms with Crippen molar-refractivity contribution in [2.24, 2.45) is 0 Å². The minimum Gasteiger partial charge on any atom is -0.346 e. The van der Waals surface area contributed by atoms with Gasteiger partial charge in [-0.15, -0.1) is 12.3 Å². The van der Waals surface area contributed by atoms with Crippen molar-refractivity contribution >= 4 is 26.0 Å². The van der Waals surface area contributed by atoms with E-state index in [2.05, 4.69) is 55.8 Å². The molecule has 0 saturated carbocycles. The molecule has 0 fully saturated rings. The second-order valence-electron chi connectivity index (χ2n) is 5.92. The summed E-state index contributed by atoms with van der Waals surface area (Å²) in [5.41, 5.74) is 2.17. The van der Waals surface area contributed by atoms with E-state index in [4.69, 9.17) is 0 Å². The highest BCUT2D eigenvalue weighted by molar-refractivity contribution is 6.89. The zero-order chi connectivity index (χ0) is 11.4. The third kappa shape index (κ3) is 5.29. The summed E-state index contributed by atoms with van der Waals surface area (Å²) in [7, 11) is -2.15. The zero-order valence-corrected chi connectivity index (χ0v) is 14.3. The van der Waals surface area contributed by atoms with Gasteiger partial charge in [0.2, 0.25) is 0 Å². The van der Waals surface area contributed by atoms with Gasteiger partial charge in [0.25, 0.3) is 0 Å². The average Bonchev–Trinajstić information content (AvgIpc) is 1.92. The van der Waals surface area contributed by atoms with Crippen LogP contribution in [0.2, 0.25) is 45.3 Å². The van der Waals surface area contributed by atoms with Crippen molar-refractivity contribution in [1.29, 1.82) is 0 Å². The Morgan fingerprint density at radius 2 is 1.50 bits per heavy atom. The Morgan fingerprint density at radius 1 is 1.07 bits per heavy atom. The van der Waals surface area contributed by atoms with E-state index < -0.39 is 16.5 Å². The third-order valence-electron chi connectivity index (χ3n) is 2.41. The van der Waals surface area contributed by atoms with Crippen molar-refractivity contribution in [2.75, 3.05) is 6.54 Å². The topological polar surface area (TPSA) is 3.24 Å². The van der Waals surface area contributed by atoms with Crippen molar-refractivity contribution in [2.45, 2.75) is 45.3 Å². The summed E-state index contributed by atoms with van der Waals surface area (Å²) in [6.07, 6.45) is 0. The molecule has 0 heterocycles. The van der Waals surface area contributed by atoms with Crippen LogP contribution in [0.15, 0.2) is 12.3 Å². The average molecular weight is 246 g/mol. The van der Waals surface area contributed by atoms with Gasteiger partial charge in [-0.1, -0.05) is 39.3 Å². The molecule has 14 heavy (non-hydrogen) atoms. The Morgan fingerprint density at radius 3 is 1.79 bits per heavy atom. The Hall–Kier alpha value is 0.351. The summed E-state index contributed by atoms with van der Waals surface area (Å²) >= 11 is 0. The Balaban J connectivity index is 4.35. The molecular formula is C10H27NSi3. The second kappa shape index (κ2) is 5.44. The number of rotatable bonds is 6. The molecule has 84 valence electrons. The molecule has 0 spiro atoms. The molecule has 0 aromatic heterocycles. The van der Waals surface area contributed by atoms with Crippen LogP contribution in [-0.4, -0.2) is 36.8 Å². The van der Waals surface area contributed by atoms with E-state index in [0.29, 0.717) is 0 Å². The van der Waals surface area contributed by atoms with Gasteiger partial charge in [-0.2, -0.15) is 0 Å². The van der Waals surface area contributed by atoms with E-state index >= 15 is 0 Å². The fourth-order valence-electron chi connectivity index (χ4n) is 2.07. The highest BCUT2D eigenvalue weighted by Gasteiger charge is 2.33. The van der Waals surface area contributed by atoms with Crippen LogP contribution in [0.5, 0.6) is 0 Å². The van der Waals surface area contributed by atoms with Gasteiger partial charge in [0.05, 0.1) is 0 Å². The summed E-state index contributed by atoms with van der Waals surface area (Å²) in [5, 5.41) is 0. The fourth-order valence-corrected chi connectivity index (χ4v) is 13.2. The molecule has 0 aromatic carbocycles. The number of hydrogen-bond donors (Lipinski definition) is 0. The molecule has 0 bridgehead atoms. The first kappa shape index (κ1) is 14.4. The molecule has 4 heteroatoms. The van der Waals surface area contributed by atoms with E-state index in [1.165, 1.54) is 12.6 Å². The van der Waals surface area contributed by atoms with Gasteiger partial charge in [-0.3, -0.25) is 0 Å². The minimum atomic E-state index is -1.09. The van der Waals surface area contributed by atoms with Crippen LogP contribution in [0.1, 0.15) is 0 Å². The van der Waals surface area contributed by atoms with Gasteiger partial charge in [-0.05, 0) is 12.6 Å². The minimum absolute atomic E-state index is 0.0296. The SMILES string of the molecule is C=C[SiH2]CCN([Si](C)(C)C)[Si](C)(C)C. The lowest BCUT2D eigenvalue weighted by atomic mass is 10.8. The van der Waals surface area contributed by atoms with Crippen molar-refractivity contribution in [3.63, 3.8) is 0 Å². The molecule has 0 atom stereocenters. The normalized spacial score (nSPS) is 14.2. The fraction of sp³-hybridized carbons (Fsp3) is 0.800. The zero-order valence-electron chi connectivity index (χ0n) is 10.9. The summed E-state index contributed by atoms with van der Waals surface area (Å²) < 4.78 is 2.87. The van der Waals surface area contributed by atoms with Crippen LogP contribution < -0.4 is 0 Å². The van der Waals surface area contributed by atoms with Crippen LogP contribution in [0, 0.1) is 0 Å². The summed E-state index contributed by atoms with van der Waals surface area (Å²) in [5.74, 6) is 0. The van der Waals surface area contributed by atoms with Crippen LogP contribution in [0.4, 0.5) is 0 Å². The molecule has 0 N–H and O–H groups in total. The van der Waals surface area contributed by atoms with Crippen molar-refractivity contribution in [1.82, 2.24) is 4.23 Å². The van der Waals surface area contributed by atoms with Crippen molar-refractivity contribution in [3.8, 4) is 0 Å². The molecule has 1 nitrogen and oxygen atoms in total. The Kier molecular flexibility index (Phi) is 5.57. The molecule has 0 unspecified atom stereocenters. The maximum Gasteiger partial charge on any atom is 0.112 e. The first-order valence-corrected chi connectivity index (χ1v) is 14.3. The molecule has 0 saturated heterocycles. The van der Waals surface area contributed by atoms with Crippen LogP contribution in [-0.2, 0) is 0 Å². The number of nitrogens with zero attached hydrogens (tertiary/aromatic N) is 1. The molecule has 0 aliphatic carbocycles. The van der Waals surface area contributed by atoms with E-state index in [1.807, 2.05) is 0 Å². The maximum absolute atomic E-state index is 3.85. The lowest BCUT2D eigenvalue weighted by Crippen LogP contribution is -2.59. The van der Waals surface area contributed by atoms with E-state index in [-0.39, 0.29) is 9.52 Å². The predicted molar refractivity (Wildman–Crippen MR) is 76.9 cm³/mol. The van der Waals surface area contributed by atoms with Crippen molar-refractivity contribution < 1.29 is 0 Å². The predicted octanol–water partition coefficient (Wildman–Crippen LogP) is 2.69. The maximum atomic E-state index is 3.85. The number of hydrogen-bond acceptors (Lipinski definition) is 1. The van der Waals surface area contributed by atoms with Crippen LogP contribution in [0.3, 0.4) is 0 Å². The standard InChI is InChI=1S/C10H27NSi3/c1-8-12-10-9-11(13(2,3)4)14(5,6)7/h8H,1,9-10,12H2,2-7H3. The van der Waals surface area contributed by atoms with Crippen LogP contribution >= 0.6 is 0 Å². The second-order valence-corrected chi connectivity index (χ2v) is 18.0. The lowest BCUT2D eigenvalue weighted by Gasteiger charge is -2.43. The van der Waals surface area contributed by atoms with E-state index in [1.54, 1.807) is 0 Å². The van der Waals surface area contributed by atoms with Crippen molar-refractivity contribution in [3.05, 3.63) is 12.3 Å². The van der Waals surface area contributed by atoms with Gasteiger partial charge < -0.3 is 4.23 Å². The molecule has 0 aliphatic rings. The quantitative estimate of drug-likeness (QED) is 0.514. The summed E-state index contributed by atoms with van der Waals surface area (Å²) in [4.78, 5) is 0. The highest BCUT2D eigenvalue weighted by atomic mass is 28.4. The molecule has 0 amide bonds. The lowest BCUT2D eigenvalue weighted by molar-refractivity contribution is 0.649. The Bertz CT molecular complexity index is 165. The molecular weight excluding hydrogens is 218 g/mol.